The van der Waals surface area contributed by atoms with E-state index in [1.54, 1.807) is 0 Å². The first-order valence-corrected chi connectivity index (χ1v) is 3.38. The minimum Gasteiger partial charge on any atom is -0.392 e. The number of rotatable bonds is 3. The first kappa shape index (κ1) is 13.7. The standard InChI is InChI=1S/C2H3N7O4.H2N2O2/c3-1-4-2(8(10)11)7(5-1)6-9(12)13;3-1-2-4/h6H,(H2,3,5);(H,1,4)(H,2,3). The summed E-state index contributed by atoms with van der Waals surface area (Å²) in [7, 11) is 0. The van der Waals surface area contributed by atoms with Gasteiger partial charge in [0.05, 0.1) is 15.6 Å². The fraction of sp³-hybridized carbons (Fsp3) is 0. The maximum atomic E-state index is 10.2. The molecule has 15 nitrogen and oxygen atoms in total. The van der Waals surface area contributed by atoms with Crippen LogP contribution in [0.4, 0.5) is 11.9 Å². The van der Waals surface area contributed by atoms with E-state index < -0.39 is 21.9 Å². The first-order valence-electron chi connectivity index (χ1n) is 3.38. The van der Waals surface area contributed by atoms with Crippen molar-refractivity contribution in [1.29, 1.82) is 0 Å². The van der Waals surface area contributed by atoms with Gasteiger partial charge in [-0.3, -0.25) is 0 Å². The molecule has 1 rings (SSSR count). The van der Waals surface area contributed by atoms with Gasteiger partial charge in [0.25, 0.3) is 0 Å². The van der Waals surface area contributed by atoms with Gasteiger partial charge in [0.15, 0.2) is 0 Å². The lowest BCUT2D eigenvalue weighted by molar-refractivity contribution is -0.469. The Morgan fingerprint density at radius 1 is 1.35 bits per heavy atom. The molecule has 94 valence electrons. The summed E-state index contributed by atoms with van der Waals surface area (Å²) in [6.45, 7) is 0. The Morgan fingerprint density at radius 2 is 1.88 bits per heavy atom. The number of nitrogens with one attached hydrogen (secondary N) is 1. The zero-order chi connectivity index (χ0) is 13.4. The van der Waals surface area contributed by atoms with Gasteiger partial charge in [-0.2, -0.15) is 0 Å². The quantitative estimate of drug-likeness (QED) is 0.282. The van der Waals surface area contributed by atoms with E-state index in [0.29, 0.717) is 0 Å². The Bertz CT molecular complexity index is 419. The van der Waals surface area contributed by atoms with E-state index in [0.717, 1.165) is 0 Å². The smallest absolute Gasteiger partial charge is 0.392 e. The summed E-state index contributed by atoms with van der Waals surface area (Å²) in [5.74, 6) is -1.28. The van der Waals surface area contributed by atoms with Crippen LogP contribution in [0, 0.1) is 20.2 Å². The molecule has 17 heavy (non-hydrogen) atoms. The van der Waals surface area contributed by atoms with Gasteiger partial charge in [-0.25, -0.2) is 0 Å². The van der Waals surface area contributed by atoms with Gasteiger partial charge in [0.1, 0.15) is 0 Å². The Labute approximate surface area is 90.3 Å². The second kappa shape index (κ2) is 6.27. The number of hydrogen-bond acceptors (Lipinski definition) is 9. The third-order valence-corrected chi connectivity index (χ3v) is 0.986. The fourth-order valence-corrected chi connectivity index (χ4v) is 0.582. The molecule has 0 aliphatic rings. The van der Waals surface area contributed by atoms with Gasteiger partial charge >= 0.3 is 11.9 Å². The molecule has 5 N–H and O–H groups in total. The number of nitrogens with zero attached hydrogens (tertiary/aromatic N) is 7. The van der Waals surface area contributed by atoms with Crippen molar-refractivity contribution < 1.29 is 20.4 Å². The van der Waals surface area contributed by atoms with Crippen molar-refractivity contribution in [3.63, 3.8) is 0 Å². The zero-order valence-electron chi connectivity index (χ0n) is 7.74. The summed E-state index contributed by atoms with van der Waals surface area (Å²) in [6, 6.07) is 0. The number of anilines is 1. The Kier molecular flexibility index (Phi) is 5.06. The molecule has 0 aliphatic carbocycles. The topological polar surface area (TPSA) is 220 Å². The molecular weight excluding hydrogens is 246 g/mol. The van der Waals surface area contributed by atoms with Crippen LogP contribution in [0.2, 0.25) is 0 Å². The summed E-state index contributed by atoms with van der Waals surface area (Å²) >= 11 is 0. The number of nitrogens with two attached hydrogens (primary N) is 1. The highest BCUT2D eigenvalue weighted by Gasteiger charge is 2.23. The molecule has 0 saturated heterocycles. The molecule has 0 aromatic carbocycles. The van der Waals surface area contributed by atoms with E-state index in [-0.39, 0.29) is 4.79 Å². The molecule has 0 saturated carbocycles. The molecular formula is C2H5N9O6. The van der Waals surface area contributed by atoms with E-state index in [4.69, 9.17) is 16.1 Å². The second-order valence-corrected chi connectivity index (χ2v) is 1.97. The molecule has 0 atom stereocenters. The normalized spacial score (nSPS) is 9.41. The van der Waals surface area contributed by atoms with Crippen molar-refractivity contribution in [3.05, 3.63) is 20.2 Å². The summed E-state index contributed by atoms with van der Waals surface area (Å²) in [5.41, 5.74) is 6.40. The van der Waals surface area contributed by atoms with Gasteiger partial charge in [-0.05, 0) is 15.4 Å². The third-order valence-electron chi connectivity index (χ3n) is 0.986. The number of hydrazine groups is 1. The maximum Gasteiger partial charge on any atom is 0.515 e. The lowest BCUT2D eigenvalue weighted by atomic mass is 11.0. The van der Waals surface area contributed by atoms with Crippen LogP contribution in [0.15, 0.2) is 10.6 Å². The molecule has 0 bridgehead atoms. The van der Waals surface area contributed by atoms with Crippen molar-refractivity contribution in [3.8, 4) is 0 Å². The summed E-state index contributed by atoms with van der Waals surface area (Å²) < 4.78 is 0. The monoisotopic (exact) mass is 251 g/mol. The number of nitro groups is 2. The summed E-state index contributed by atoms with van der Waals surface area (Å²) in [6.07, 6.45) is 0. The van der Waals surface area contributed by atoms with Crippen molar-refractivity contribution in [1.82, 2.24) is 14.9 Å². The summed E-state index contributed by atoms with van der Waals surface area (Å²) in [4.78, 5) is 22.5. The maximum absolute atomic E-state index is 10.2. The average Bonchev–Trinajstić information content (AvgIpc) is 2.59. The van der Waals surface area contributed by atoms with Crippen LogP contribution in [0.5, 0.6) is 0 Å². The van der Waals surface area contributed by atoms with Crippen LogP contribution in [0.1, 0.15) is 0 Å². The molecule has 1 heterocycles. The summed E-state index contributed by atoms with van der Waals surface area (Å²) in [5, 5.41) is 40.2. The Hall–Kier alpha value is -3.26. The molecule has 0 fully saturated rings. The van der Waals surface area contributed by atoms with Gasteiger partial charge < -0.3 is 36.4 Å². The molecule has 0 radical (unpaired) electrons. The predicted molar refractivity (Wildman–Crippen MR) is 45.9 cm³/mol. The largest absolute Gasteiger partial charge is 0.515 e. The van der Waals surface area contributed by atoms with Crippen molar-refractivity contribution in [2.24, 2.45) is 10.6 Å². The molecule has 0 unspecified atom stereocenters. The first-order chi connectivity index (χ1) is 7.92. The van der Waals surface area contributed by atoms with Crippen LogP contribution in [-0.2, 0) is 0 Å². The minimum atomic E-state index is -1.03. The van der Waals surface area contributed by atoms with Crippen LogP contribution < -0.4 is 11.3 Å². The van der Waals surface area contributed by atoms with E-state index in [1.807, 2.05) is 10.6 Å². The van der Waals surface area contributed by atoms with Crippen LogP contribution in [0.25, 0.3) is 0 Å². The van der Waals surface area contributed by atoms with Gasteiger partial charge in [0, 0.05) is 9.89 Å². The highest BCUT2D eigenvalue weighted by atomic mass is 16.7. The lowest BCUT2D eigenvalue weighted by Gasteiger charge is -1.95. The van der Waals surface area contributed by atoms with Crippen molar-refractivity contribution in [2.75, 3.05) is 11.3 Å². The molecule has 0 spiro atoms. The number of aromatic nitrogens is 3. The van der Waals surface area contributed by atoms with Crippen LogP contribution >= 0.6 is 0 Å². The molecule has 1 aromatic rings. The Morgan fingerprint density at radius 3 is 2.24 bits per heavy atom. The minimum absolute atomic E-state index is 0.259. The second-order valence-electron chi connectivity index (χ2n) is 1.97. The SMILES string of the molecule is Nc1nc([N+](=O)[O-])n(N[N+](=O)[O-])n1.ON=NO. The highest BCUT2D eigenvalue weighted by Crippen LogP contribution is 2.06. The predicted octanol–water partition coefficient (Wildman–Crippen LogP) is -1.28. The van der Waals surface area contributed by atoms with Crippen LogP contribution in [0.3, 0.4) is 0 Å². The van der Waals surface area contributed by atoms with Gasteiger partial charge in [-0.15, -0.1) is 0 Å². The Balaban J connectivity index is 0.000000557. The van der Waals surface area contributed by atoms with E-state index >= 15 is 0 Å². The van der Waals surface area contributed by atoms with Crippen molar-refractivity contribution >= 4 is 11.9 Å². The number of hydrogen-bond donors (Lipinski definition) is 4. The van der Waals surface area contributed by atoms with Crippen molar-refractivity contribution in [2.45, 2.75) is 0 Å². The van der Waals surface area contributed by atoms with Gasteiger partial charge in [-0.1, -0.05) is 0 Å². The van der Waals surface area contributed by atoms with E-state index in [9.17, 15) is 20.2 Å². The third kappa shape index (κ3) is 4.67. The fourth-order valence-electron chi connectivity index (χ4n) is 0.582. The molecule has 0 aliphatic heterocycles. The van der Waals surface area contributed by atoms with Crippen LogP contribution in [-0.4, -0.2) is 35.2 Å². The zero-order valence-corrected chi connectivity index (χ0v) is 7.74. The molecule has 15 heteroatoms. The number of nitrogen functional groups attached to an aromatic ring is 1. The van der Waals surface area contributed by atoms with E-state index in [1.165, 1.54) is 5.53 Å². The molecule has 1 aromatic heterocycles. The average molecular weight is 251 g/mol. The highest BCUT2D eigenvalue weighted by molar-refractivity contribution is 5.20. The van der Waals surface area contributed by atoms with Gasteiger partial charge in [0.2, 0.25) is 0 Å². The van der Waals surface area contributed by atoms with E-state index in [2.05, 4.69) is 10.1 Å². The molecule has 0 amide bonds. The lowest BCUT2D eigenvalue weighted by Crippen LogP contribution is -2.23.